The molecule has 146 valence electrons. The average Bonchev–Trinajstić information content (AvgIpc) is 3.23. The monoisotopic (exact) mass is 372 g/mol. The second-order valence-electron chi connectivity index (χ2n) is 7.52. The molecule has 3 heterocycles. The topological polar surface area (TPSA) is 78.1 Å². The highest BCUT2D eigenvalue weighted by molar-refractivity contribution is 5.77. The first-order valence-corrected chi connectivity index (χ1v) is 10.0. The molecule has 8 heteroatoms. The van der Waals surface area contributed by atoms with Crippen LogP contribution >= 0.6 is 0 Å². The number of hydrogen-bond acceptors (Lipinski definition) is 5. The fourth-order valence-electron chi connectivity index (χ4n) is 3.78. The molecule has 1 aliphatic heterocycles. The van der Waals surface area contributed by atoms with Crippen LogP contribution in [-0.4, -0.2) is 61.4 Å². The van der Waals surface area contributed by atoms with Crippen molar-refractivity contribution >= 4 is 5.91 Å². The number of rotatable bonds is 8. The van der Waals surface area contributed by atoms with Crippen LogP contribution in [0.3, 0.4) is 0 Å². The van der Waals surface area contributed by atoms with E-state index in [2.05, 4.69) is 19.7 Å². The molecule has 2 aromatic rings. The maximum absolute atomic E-state index is 12.2. The minimum atomic E-state index is 0.103. The van der Waals surface area contributed by atoms with Crippen LogP contribution in [0.15, 0.2) is 18.7 Å². The van der Waals surface area contributed by atoms with Crippen molar-refractivity contribution in [2.45, 2.75) is 57.5 Å². The predicted octanol–water partition coefficient (Wildman–Crippen LogP) is 1.99. The minimum absolute atomic E-state index is 0.103. The summed E-state index contributed by atoms with van der Waals surface area (Å²) in [6, 6.07) is 0.538. The predicted molar refractivity (Wildman–Crippen MR) is 99.3 cm³/mol. The summed E-state index contributed by atoms with van der Waals surface area (Å²) in [5.74, 6) is 2.58. The standard InChI is InChI=1S/C19H28N6O2/c1-2-11-27-13-18(26)24-8-5-15(6-9-24)19-22-21-17(25(19)16-3-4-16)12-23-10-7-20-14-23/h7,10,14-16H,2-6,8-9,11-13H2,1H3. The van der Waals surface area contributed by atoms with Crippen LogP contribution < -0.4 is 0 Å². The maximum atomic E-state index is 12.2. The van der Waals surface area contributed by atoms with E-state index in [1.54, 1.807) is 6.20 Å². The van der Waals surface area contributed by atoms with Gasteiger partial charge in [-0.3, -0.25) is 4.79 Å². The molecule has 1 saturated heterocycles. The lowest BCUT2D eigenvalue weighted by atomic mass is 9.95. The molecule has 2 aromatic heterocycles. The van der Waals surface area contributed by atoms with Gasteiger partial charge in [-0.25, -0.2) is 4.98 Å². The zero-order valence-corrected chi connectivity index (χ0v) is 16.0. The third kappa shape index (κ3) is 4.21. The Hall–Kier alpha value is -2.22. The lowest BCUT2D eigenvalue weighted by Crippen LogP contribution is -2.40. The summed E-state index contributed by atoms with van der Waals surface area (Å²) in [4.78, 5) is 18.3. The van der Waals surface area contributed by atoms with Crippen LogP contribution in [0, 0.1) is 0 Å². The van der Waals surface area contributed by atoms with Gasteiger partial charge in [0.2, 0.25) is 5.91 Å². The van der Waals surface area contributed by atoms with Gasteiger partial charge >= 0.3 is 0 Å². The second-order valence-corrected chi connectivity index (χ2v) is 7.52. The SMILES string of the molecule is CCCOCC(=O)N1CCC(c2nnc(Cn3ccnc3)n2C2CC2)CC1. The summed E-state index contributed by atoms with van der Waals surface area (Å²) >= 11 is 0. The summed E-state index contributed by atoms with van der Waals surface area (Å²) in [7, 11) is 0. The smallest absolute Gasteiger partial charge is 0.248 e. The quantitative estimate of drug-likeness (QED) is 0.662. The molecule has 27 heavy (non-hydrogen) atoms. The number of carbonyl (C=O) groups excluding carboxylic acids is 1. The summed E-state index contributed by atoms with van der Waals surface area (Å²) < 4.78 is 9.78. The number of nitrogens with zero attached hydrogens (tertiary/aromatic N) is 6. The fraction of sp³-hybridized carbons (Fsp3) is 0.684. The zero-order valence-electron chi connectivity index (χ0n) is 16.0. The molecule has 1 aliphatic carbocycles. The van der Waals surface area contributed by atoms with Gasteiger partial charge in [-0.05, 0) is 32.1 Å². The first kappa shape index (κ1) is 18.2. The highest BCUT2D eigenvalue weighted by atomic mass is 16.5. The van der Waals surface area contributed by atoms with E-state index in [1.165, 1.54) is 12.8 Å². The van der Waals surface area contributed by atoms with Gasteiger partial charge in [0.15, 0.2) is 5.82 Å². The van der Waals surface area contributed by atoms with Gasteiger partial charge < -0.3 is 18.8 Å². The van der Waals surface area contributed by atoms with E-state index in [0.29, 0.717) is 25.1 Å². The van der Waals surface area contributed by atoms with Crippen molar-refractivity contribution < 1.29 is 9.53 Å². The van der Waals surface area contributed by atoms with E-state index >= 15 is 0 Å². The van der Waals surface area contributed by atoms with Crippen molar-refractivity contribution in [3.05, 3.63) is 30.4 Å². The third-order valence-corrected chi connectivity index (χ3v) is 5.37. The number of likely N-dealkylation sites (tertiary alicyclic amines) is 1. The van der Waals surface area contributed by atoms with Gasteiger partial charge in [0.05, 0.1) is 12.9 Å². The second kappa shape index (κ2) is 8.21. The van der Waals surface area contributed by atoms with Gasteiger partial charge in [0.1, 0.15) is 12.4 Å². The summed E-state index contributed by atoms with van der Waals surface area (Å²) in [6.45, 7) is 5.14. The molecule has 0 radical (unpaired) electrons. The molecule has 0 atom stereocenters. The molecule has 0 N–H and O–H groups in total. The number of amides is 1. The normalized spacial score (nSPS) is 18.2. The van der Waals surface area contributed by atoms with Gasteiger partial charge in [-0.15, -0.1) is 10.2 Å². The number of imidazole rings is 1. The number of hydrogen-bond donors (Lipinski definition) is 0. The number of piperidine rings is 1. The lowest BCUT2D eigenvalue weighted by Gasteiger charge is -2.31. The summed E-state index contributed by atoms with van der Waals surface area (Å²) in [6.07, 6.45) is 10.8. The first-order chi connectivity index (χ1) is 13.3. The Labute approximate surface area is 159 Å². The molecule has 0 unspecified atom stereocenters. The average molecular weight is 372 g/mol. The molecule has 0 aromatic carbocycles. The van der Waals surface area contributed by atoms with Crippen LogP contribution in [0.2, 0.25) is 0 Å². The largest absolute Gasteiger partial charge is 0.372 e. The van der Waals surface area contributed by atoms with Crippen molar-refractivity contribution in [1.29, 1.82) is 0 Å². The first-order valence-electron chi connectivity index (χ1n) is 10.0. The van der Waals surface area contributed by atoms with Crippen molar-refractivity contribution in [2.75, 3.05) is 26.3 Å². The molecule has 2 aliphatic rings. The number of ether oxygens (including phenoxy) is 1. The third-order valence-electron chi connectivity index (χ3n) is 5.37. The molecule has 4 rings (SSSR count). The van der Waals surface area contributed by atoms with E-state index in [-0.39, 0.29) is 12.5 Å². The van der Waals surface area contributed by atoms with Crippen molar-refractivity contribution in [3.8, 4) is 0 Å². The lowest BCUT2D eigenvalue weighted by molar-refractivity contribution is -0.137. The molecular weight excluding hydrogens is 344 g/mol. The number of carbonyl (C=O) groups is 1. The minimum Gasteiger partial charge on any atom is -0.372 e. The maximum Gasteiger partial charge on any atom is 0.248 e. The van der Waals surface area contributed by atoms with E-state index < -0.39 is 0 Å². The Balaban J connectivity index is 1.39. The molecular formula is C19H28N6O2. The van der Waals surface area contributed by atoms with Crippen molar-refractivity contribution in [2.24, 2.45) is 0 Å². The van der Waals surface area contributed by atoms with Crippen LogP contribution in [-0.2, 0) is 16.1 Å². The van der Waals surface area contributed by atoms with E-state index in [4.69, 9.17) is 4.74 Å². The molecule has 0 bridgehead atoms. The molecule has 0 spiro atoms. The van der Waals surface area contributed by atoms with Gasteiger partial charge in [-0.2, -0.15) is 0 Å². The summed E-state index contributed by atoms with van der Waals surface area (Å²) in [5, 5.41) is 9.06. The van der Waals surface area contributed by atoms with Gasteiger partial charge in [0, 0.05) is 44.0 Å². The molecule has 8 nitrogen and oxygen atoms in total. The van der Waals surface area contributed by atoms with E-state index in [9.17, 15) is 4.79 Å². The number of aromatic nitrogens is 5. The molecule has 1 saturated carbocycles. The van der Waals surface area contributed by atoms with Crippen molar-refractivity contribution in [1.82, 2.24) is 29.2 Å². The highest BCUT2D eigenvalue weighted by Gasteiger charge is 2.34. The van der Waals surface area contributed by atoms with Gasteiger partial charge in [0.25, 0.3) is 0 Å². The molecule has 1 amide bonds. The van der Waals surface area contributed by atoms with Crippen LogP contribution in [0.25, 0.3) is 0 Å². The Kier molecular flexibility index (Phi) is 5.52. The summed E-state index contributed by atoms with van der Waals surface area (Å²) in [5.41, 5.74) is 0. The van der Waals surface area contributed by atoms with Crippen molar-refractivity contribution in [3.63, 3.8) is 0 Å². The van der Waals surface area contributed by atoms with Crippen LogP contribution in [0.4, 0.5) is 0 Å². The van der Waals surface area contributed by atoms with Crippen LogP contribution in [0.1, 0.15) is 62.6 Å². The Bertz CT molecular complexity index is 744. The Morgan fingerprint density at radius 1 is 1.22 bits per heavy atom. The van der Waals surface area contributed by atoms with Crippen LogP contribution in [0.5, 0.6) is 0 Å². The zero-order chi connectivity index (χ0) is 18.6. The van der Waals surface area contributed by atoms with E-state index in [0.717, 1.165) is 44.0 Å². The fourth-order valence-corrected chi connectivity index (χ4v) is 3.78. The molecule has 2 fully saturated rings. The highest BCUT2D eigenvalue weighted by Crippen LogP contribution is 2.39. The van der Waals surface area contributed by atoms with E-state index in [1.807, 2.05) is 28.9 Å². The Morgan fingerprint density at radius 2 is 2.04 bits per heavy atom. The Morgan fingerprint density at radius 3 is 2.70 bits per heavy atom. The van der Waals surface area contributed by atoms with Gasteiger partial charge in [-0.1, -0.05) is 6.92 Å².